The van der Waals surface area contributed by atoms with Gasteiger partial charge in [-0.05, 0) is 0 Å². The van der Waals surface area contributed by atoms with Crippen LogP contribution in [0.2, 0.25) is 5.82 Å². The van der Waals surface area contributed by atoms with E-state index in [0.29, 0.717) is 0 Å². The van der Waals surface area contributed by atoms with Crippen molar-refractivity contribution in [2.24, 2.45) is 0 Å². The van der Waals surface area contributed by atoms with Gasteiger partial charge in [0, 0.05) is 0 Å². The van der Waals surface area contributed by atoms with Gasteiger partial charge in [-0.1, -0.05) is 0 Å². The molecule has 0 aliphatic heterocycles. The molecule has 0 heterocycles. The third-order valence-corrected chi connectivity index (χ3v) is 0.278. The van der Waals surface area contributed by atoms with Gasteiger partial charge in [0.25, 0.3) is 0 Å². The maximum atomic E-state index is 7.58. The Labute approximate surface area is 50.1 Å². The zero-order valence-corrected chi connectivity index (χ0v) is 3.19. The molecule has 5 heavy (non-hydrogen) atoms. The fraction of sp³-hybridized carbons (Fsp3) is 0.500. The van der Waals surface area contributed by atoms with Crippen LogP contribution in [0.1, 0.15) is 0 Å². The summed E-state index contributed by atoms with van der Waals surface area (Å²) >= 11 is 1.23. The number of hydrogen-bond acceptors (Lipinski definition) is 1. The Bertz CT molecular complexity index is 39.4. The van der Waals surface area contributed by atoms with Crippen LogP contribution in [0.4, 0.5) is 0 Å². The third-order valence-electron chi connectivity index (χ3n) is 0.0674. The molecule has 0 aromatic heterocycles. The maximum absolute atomic E-state index is 7.58. The van der Waals surface area contributed by atoms with Crippen molar-refractivity contribution < 1.29 is 15.0 Å². The van der Waals surface area contributed by atoms with Crippen molar-refractivity contribution >= 4 is 18.9 Å². The van der Waals surface area contributed by atoms with E-state index in [4.69, 9.17) is 5.26 Å². The molecule has 0 atom stereocenters. The molecule has 0 aromatic carbocycles. The van der Waals surface area contributed by atoms with Crippen LogP contribution >= 0.6 is 0 Å². The van der Waals surface area contributed by atoms with Gasteiger partial charge in [-0.2, -0.15) is 0 Å². The molecule has 0 aliphatic carbocycles. The average molecular weight is 113 g/mol. The van der Waals surface area contributed by atoms with Gasteiger partial charge in [-0.3, -0.25) is 0 Å². The molecular formula is C2H4CuLiN. The SMILES string of the molecule is [CH3][Cu][C]#N.[LiH]. The van der Waals surface area contributed by atoms with Crippen LogP contribution in [0.3, 0.4) is 0 Å². The molecule has 1 nitrogen and oxygen atoms in total. The summed E-state index contributed by atoms with van der Waals surface area (Å²) in [5.41, 5.74) is 0. The fourth-order valence-corrected chi connectivity index (χ4v) is 0. The van der Waals surface area contributed by atoms with Crippen LogP contribution in [0, 0.1) is 10.2 Å². The molecule has 0 saturated carbocycles. The summed E-state index contributed by atoms with van der Waals surface area (Å²) in [7, 11) is 0. The monoisotopic (exact) mass is 112 g/mol. The van der Waals surface area contributed by atoms with Gasteiger partial charge in [0.2, 0.25) is 0 Å². The molecule has 0 spiro atoms. The molecular weight excluding hydrogens is 109 g/mol. The van der Waals surface area contributed by atoms with Crippen molar-refractivity contribution in [2.75, 3.05) is 0 Å². The molecule has 0 bridgehead atoms. The Hall–Kier alpha value is 0.607. The van der Waals surface area contributed by atoms with Crippen LogP contribution in [0.5, 0.6) is 0 Å². The molecule has 0 aromatic rings. The third kappa shape index (κ3) is 12.1. The van der Waals surface area contributed by atoms with Crippen LogP contribution in [-0.4, -0.2) is 18.9 Å². The normalized spacial score (nSPS) is 4.80. The number of rotatable bonds is 0. The molecule has 3 heteroatoms. The molecule has 0 N–H and O–H groups in total. The Morgan fingerprint density at radius 2 is 2.00 bits per heavy atom. The minimum atomic E-state index is 0. The van der Waals surface area contributed by atoms with Crippen LogP contribution in [0.25, 0.3) is 0 Å². The van der Waals surface area contributed by atoms with Crippen molar-refractivity contribution in [3.63, 3.8) is 0 Å². The van der Waals surface area contributed by atoms with Crippen molar-refractivity contribution in [1.82, 2.24) is 0 Å². The van der Waals surface area contributed by atoms with E-state index >= 15 is 0 Å². The summed E-state index contributed by atoms with van der Waals surface area (Å²) in [4.78, 5) is 1.84. The first-order valence-electron chi connectivity index (χ1n) is 0.676. The molecule has 0 amide bonds. The van der Waals surface area contributed by atoms with E-state index < -0.39 is 0 Å². The molecule has 0 fully saturated rings. The first-order valence-corrected chi connectivity index (χ1v) is 2.09. The van der Waals surface area contributed by atoms with Crippen molar-refractivity contribution in [3.8, 4) is 4.97 Å². The minimum absolute atomic E-state index is 0. The first kappa shape index (κ1) is 9.15. The molecule has 0 rings (SSSR count). The van der Waals surface area contributed by atoms with Gasteiger partial charge in [0.05, 0.1) is 0 Å². The van der Waals surface area contributed by atoms with Crippen molar-refractivity contribution in [3.05, 3.63) is 0 Å². The predicted octanol–water partition coefficient (Wildman–Crippen LogP) is -0.0504. The van der Waals surface area contributed by atoms with E-state index in [1.807, 2.05) is 4.97 Å². The van der Waals surface area contributed by atoms with Gasteiger partial charge < -0.3 is 0 Å². The Morgan fingerprint density at radius 3 is 2.00 bits per heavy atom. The van der Waals surface area contributed by atoms with Crippen molar-refractivity contribution in [1.29, 1.82) is 5.26 Å². The van der Waals surface area contributed by atoms with E-state index in [1.165, 1.54) is 15.0 Å². The predicted molar refractivity (Wildman–Crippen MR) is 18.6 cm³/mol. The second-order valence-corrected chi connectivity index (χ2v) is 0.900. The Morgan fingerprint density at radius 1 is 1.80 bits per heavy atom. The number of hydrogen-bond donors (Lipinski definition) is 0. The standard InChI is InChI=1S/CN.CH3.Cu.Li.H/c1-2;;;;/h;1H3;;;. The molecule has 0 aliphatic rings. The van der Waals surface area contributed by atoms with E-state index in [2.05, 4.69) is 0 Å². The molecule has 29 valence electrons. The zero-order valence-electron chi connectivity index (χ0n) is 2.25. The summed E-state index contributed by atoms with van der Waals surface area (Å²) in [6.45, 7) is 0. The van der Waals surface area contributed by atoms with Gasteiger partial charge in [-0.15, -0.1) is 0 Å². The summed E-state index contributed by atoms with van der Waals surface area (Å²) in [6, 6.07) is 0. The van der Waals surface area contributed by atoms with Crippen LogP contribution < -0.4 is 0 Å². The van der Waals surface area contributed by atoms with Crippen molar-refractivity contribution in [2.45, 2.75) is 5.82 Å². The van der Waals surface area contributed by atoms with E-state index in [1.54, 1.807) is 5.82 Å². The molecule has 0 saturated heterocycles. The van der Waals surface area contributed by atoms with Gasteiger partial charge in [-0.25, -0.2) is 0 Å². The Balaban J connectivity index is 0. The summed E-state index contributed by atoms with van der Waals surface area (Å²) < 4.78 is 0. The topological polar surface area (TPSA) is 23.8 Å². The quantitative estimate of drug-likeness (QED) is 0.403. The van der Waals surface area contributed by atoms with Crippen LogP contribution in [-0.2, 0) is 15.0 Å². The zero-order chi connectivity index (χ0) is 3.41. The molecule has 0 radical (unpaired) electrons. The summed E-state index contributed by atoms with van der Waals surface area (Å²) in [5, 5.41) is 7.58. The molecule has 0 unspecified atom stereocenters. The van der Waals surface area contributed by atoms with E-state index in [9.17, 15) is 0 Å². The van der Waals surface area contributed by atoms with Gasteiger partial charge >= 0.3 is 49.9 Å². The van der Waals surface area contributed by atoms with Gasteiger partial charge in [0.1, 0.15) is 0 Å². The first-order chi connectivity index (χ1) is 1.91. The van der Waals surface area contributed by atoms with Gasteiger partial charge in [0.15, 0.2) is 0 Å². The van der Waals surface area contributed by atoms with Crippen LogP contribution in [0.15, 0.2) is 0 Å². The second-order valence-electron chi connectivity index (χ2n) is 0.218. The van der Waals surface area contributed by atoms with E-state index in [0.717, 1.165) is 0 Å². The van der Waals surface area contributed by atoms with E-state index in [-0.39, 0.29) is 18.9 Å². The summed E-state index contributed by atoms with van der Waals surface area (Å²) in [6.07, 6.45) is 0. The Kier molecular flexibility index (Phi) is 16.1. The average Bonchev–Trinajstić information content (AvgIpc) is 1.37. The summed E-state index contributed by atoms with van der Waals surface area (Å²) in [5.74, 6) is 1.73. The number of nitrogens with zero attached hydrogens (tertiary/aromatic N) is 1. The number of nitriles is 1. The fourth-order valence-electron chi connectivity index (χ4n) is 0. The second kappa shape index (κ2) is 8.82.